The first kappa shape index (κ1) is 31.3. The number of nitrogens with zero attached hydrogens (tertiary/aromatic N) is 4. The molecule has 3 atom stereocenters. The minimum absolute atomic E-state index is 0.161. The first-order chi connectivity index (χ1) is 29.1. The molecule has 56 heavy (non-hydrogen) atoms. The van der Waals surface area contributed by atoms with Crippen molar-refractivity contribution in [1.29, 1.82) is 0 Å². The van der Waals surface area contributed by atoms with Crippen molar-refractivity contribution in [3.05, 3.63) is 168 Å². The molecule has 5 aromatic heterocycles. The van der Waals surface area contributed by atoms with E-state index in [0.717, 1.165) is 85.4 Å². The molecule has 0 N–H and O–H groups in total. The molecule has 3 aromatic carbocycles. The third-order valence-electron chi connectivity index (χ3n) is 11.2. The Morgan fingerprint density at radius 2 is 1.09 bits per heavy atom. The van der Waals surface area contributed by atoms with Crippen molar-refractivity contribution in [3.8, 4) is 33.8 Å². The molecular formula is C51H48N4O. The van der Waals surface area contributed by atoms with Gasteiger partial charge in [0.25, 0.3) is 0 Å². The molecule has 0 bridgehead atoms. The summed E-state index contributed by atoms with van der Waals surface area (Å²) in [5.74, 6) is -0.477. The number of para-hydroxylation sites is 1. The first-order valence-corrected chi connectivity index (χ1v) is 19.8. The van der Waals surface area contributed by atoms with E-state index in [9.17, 15) is 5.48 Å². The van der Waals surface area contributed by atoms with Crippen LogP contribution in [0.2, 0.25) is 0 Å². The Kier molecular flexibility index (Phi) is 9.18. The van der Waals surface area contributed by atoms with E-state index in [1.165, 1.54) is 0 Å². The van der Waals surface area contributed by atoms with Gasteiger partial charge in [-0.05, 0) is 135 Å². The molecule has 3 unspecified atom stereocenters. The van der Waals surface area contributed by atoms with E-state index in [-0.39, 0.29) is 30.6 Å². The fourth-order valence-electron chi connectivity index (χ4n) is 8.22. The number of hydrogen-bond acceptors (Lipinski definition) is 5. The van der Waals surface area contributed by atoms with Gasteiger partial charge in [-0.3, -0.25) is 15.0 Å². The zero-order valence-electron chi connectivity index (χ0n) is 35.7. The summed E-state index contributed by atoms with van der Waals surface area (Å²) in [7, 11) is 0. The molecule has 0 radical (unpaired) electrons. The van der Waals surface area contributed by atoms with Crippen molar-refractivity contribution in [2.24, 2.45) is 17.8 Å². The van der Waals surface area contributed by atoms with Gasteiger partial charge in [-0.1, -0.05) is 91.0 Å². The molecule has 1 aliphatic carbocycles. The fraction of sp³-hybridized carbons (Fsp3) is 0.255. The molecule has 1 aliphatic rings. The zero-order valence-corrected chi connectivity index (χ0v) is 31.7. The van der Waals surface area contributed by atoms with E-state index in [1.54, 1.807) is 12.4 Å². The smallest absolute Gasteiger partial charge is 0.227 e. The number of fused-ring (bicyclic) bond motifs is 3. The van der Waals surface area contributed by atoms with Gasteiger partial charge in [0.2, 0.25) is 5.71 Å². The van der Waals surface area contributed by atoms with Crippen LogP contribution in [0.15, 0.2) is 150 Å². The average Bonchev–Trinajstić information content (AvgIpc) is 3.64. The van der Waals surface area contributed by atoms with Gasteiger partial charge in [0.1, 0.15) is 5.58 Å². The maximum Gasteiger partial charge on any atom is 0.227 e. The number of benzene rings is 3. The Bertz CT molecular complexity index is 2700. The maximum atomic E-state index is 9.55. The Morgan fingerprint density at radius 3 is 1.66 bits per heavy atom. The molecule has 0 amide bonds. The van der Waals surface area contributed by atoms with Crippen LogP contribution in [-0.4, -0.2) is 19.9 Å². The average molecular weight is 737 g/mol. The fourth-order valence-corrected chi connectivity index (χ4v) is 8.22. The highest BCUT2D eigenvalue weighted by molar-refractivity contribution is 6.08. The largest absolute Gasteiger partial charge is 0.437 e. The SMILES string of the molecule is [2H]C([2H])(Cc1ccc(-c2ccccc2)nc1)C1CC(CCc2ccc(-c3ccccc3)nc2)CC(C([2H])([2H])Cc2ccc(-c3cccc4c3oc3nc(C)ccc34)nc2)C1. The third kappa shape index (κ3) is 8.18. The van der Waals surface area contributed by atoms with E-state index >= 15 is 0 Å². The second kappa shape index (κ2) is 16.4. The highest BCUT2D eigenvalue weighted by Gasteiger charge is 2.28. The van der Waals surface area contributed by atoms with E-state index in [0.29, 0.717) is 25.0 Å². The number of hydrogen-bond donors (Lipinski definition) is 0. The lowest BCUT2D eigenvalue weighted by Gasteiger charge is -2.35. The van der Waals surface area contributed by atoms with Crippen molar-refractivity contribution in [2.75, 3.05) is 0 Å². The Labute approximate surface area is 335 Å². The lowest BCUT2D eigenvalue weighted by molar-refractivity contribution is 0.172. The molecule has 1 fully saturated rings. The van der Waals surface area contributed by atoms with Gasteiger partial charge < -0.3 is 4.42 Å². The quantitative estimate of drug-likeness (QED) is 0.125. The molecule has 5 heterocycles. The van der Waals surface area contributed by atoms with Crippen molar-refractivity contribution < 1.29 is 9.90 Å². The van der Waals surface area contributed by atoms with Crippen LogP contribution in [0.3, 0.4) is 0 Å². The van der Waals surface area contributed by atoms with Gasteiger partial charge in [-0.15, -0.1) is 0 Å². The first-order valence-electron chi connectivity index (χ1n) is 21.8. The second-order valence-electron chi connectivity index (χ2n) is 15.2. The highest BCUT2D eigenvalue weighted by Crippen LogP contribution is 2.40. The lowest BCUT2D eigenvalue weighted by Crippen LogP contribution is -2.24. The van der Waals surface area contributed by atoms with Crippen LogP contribution >= 0.6 is 0 Å². The molecule has 0 aliphatic heterocycles. The van der Waals surface area contributed by atoms with Crippen molar-refractivity contribution in [1.82, 2.24) is 19.9 Å². The van der Waals surface area contributed by atoms with Gasteiger partial charge in [0.05, 0.1) is 17.1 Å². The van der Waals surface area contributed by atoms with Gasteiger partial charge in [0.15, 0.2) is 0 Å². The normalized spacial score (nSPS) is 18.6. The molecule has 0 saturated heterocycles. The molecule has 9 rings (SSSR count). The minimum atomic E-state index is -1.57. The van der Waals surface area contributed by atoms with E-state index in [2.05, 4.69) is 34.2 Å². The summed E-state index contributed by atoms with van der Waals surface area (Å²) in [5, 5.41) is 1.95. The third-order valence-corrected chi connectivity index (χ3v) is 11.2. The van der Waals surface area contributed by atoms with Crippen molar-refractivity contribution in [3.63, 3.8) is 0 Å². The van der Waals surface area contributed by atoms with Crippen LogP contribution in [0.25, 0.3) is 55.8 Å². The number of rotatable bonds is 12. The summed E-state index contributed by atoms with van der Waals surface area (Å²) in [6.07, 6.45) is 6.39. The Balaban J connectivity index is 0.936. The Morgan fingerprint density at radius 1 is 0.536 bits per heavy atom. The lowest BCUT2D eigenvalue weighted by atomic mass is 9.70. The summed E-state index contributed by atoms with van der Waals surface area (Å²) in [6, 6.07) is 42.3. The van der Waals surface area contributed by atoms with Crippen LogP contribution in [0, 0.1) is 24.7 Å². The van der Waals surface area contributed by atoms with Gasteiger partial charge in [-0.25, -0.2) is 4.98 Å². The molecule has 278 valence electrons. The number of furan rings is 1. The molecule has 1 saturated carbocycles. The highest BCUT2D eigenvalue weighted by atomic mass is 16.3. The predicted molar refractivity (Wildman–Crippen MR) is 228 cm³/mol. The summed E-state index contributed by atoms with van der Waals surface area (Å²) in [4.78, 5) is 18.9. The molecule has 8 aromatic rings. The van der Waals surface area contributed by atoms with E-state index in [4.69, 9.17) is 14.4 Å². The van der Waals surface area contributed by atoms with Gasteiger partial charge in [-0.2, -0.15) is 0 Å². The molecule has 5 nitrogen and oxygen atoms in total. The molecule has 5 heteroatoms. The van der Waals surface area contributed by atoms with Crippen molar-refractivity contribution in [2.45, 2.75) is 64.6 Å². The number of aryl methyl sites for hydroxylation is 4. The zero-order chi connectivity index (χ0) is 41.3. The Hall–Kier alpha value is -5.94. The van der Waals surface area contributed by atoms with E-state index < -0.39 is 12.7 Å². The number of pyridine rings is 4. The number of aromatic nitrogens is 4. The predicted octanol–water partition coefficient (Wildman–Crippen LogP) is 12.7. The monoisotopic (exact) mass is 736 g/mol. The van der Waals surface area contributed by atoms with Gasteiger partial charge >= 0.3 is 0 Å². The van der Waals surface area contributed by atoms with Gasteiger partial charge in [0, 0.05) is 57.2 Å². The van der Waals surface area contributed by atoms with Crippen LogP contribution in [0.4, 0.5) is 0 Å². The molecular weight excluding hydrogens is 685 g/mol. The van der Waals surface area contributed by atoms with E-state index in [1.807, 2.05) is 116 Å². The maximum absolute atomic E-state index is 9.55. The van der Waals surface area contributed by atoms with Crippen molar-refractivity contribution >= 4 is 22.1 Å². The van der Waals surface area contributed by atoms with Crippen LogP contribution in [0.5, 0.6) is 0 Å². The second-order valence-corrected chi connectivity index (χ2v) is 15.2. The van der Waals surface area contributed by atoms with Crippen LogP contribution in [0.1, 0.15) is 66.3 Å². The minimum Gasteiger partial charge on any atom is -0.437 e. The molecule has 0 spiro atoms. The van der Waals surface area contributed by atoms with Crippen LogP contribution < -0.4 is 0 Å². The van der Waals surface area contributed by atoms with Crippen LogP contribution in [-0.2, 0) is 19.3 Å². The standard InChI is InChI=1S/C51H48N4O/c1-35-15-25-45-44-13-8-14-46(50(44)56-51(45)55-35)49-28-24-38(34-54-49)18-21-41-30-39(19-16-36-22-26-47(52-32-36)42-9-4-2-5-10-42)29-40(31-41)20-17-37-23-27-48(53-33-37)43-11-6-3-7-12-43/h2-15,22-28,32-34,39-41H,16-21,29-31H2,1H3/i19D2,21D2. The summed E-state index contributed by atoms with van der Waals surface area (Å²) < 4.78 is 44.3. The summed E-state index contributed by atoms with van der Waals surface area (Å²) in [5.41, 5.74) is 10.6. The summed E-state index contributed by atoms with van der Waals surface area (Å²) in [6.45, 7) is 1.95. The topological polar surface area (TPSA) is 64.7 Å². The summed E-state index contributed by atoms with van der Waals surface area (Å²) >= 11 is 0.